The standard InChI is InChI=1S/C15H17NO4.C8H8O4/c1-20-10-6-13(17)11(14(18)7-10)8-12-15(19)9-2-4-16(12)5-3-9;1-12-5-2-7(10)6(4-9)8(11)3-5/h6-9,17-18H,2-5H2,1H3;2-4,10-11H,1H3. The number of benzene rings is 2. The van der Waals surface area contributed by atoms with Gasteiger partial charge in [-0.25, -0.2) is 0 Å². The molecule has 9 heteroatoms. The number of hydrogen-bond donors (Lipinski definition) is 4. The van der Waals surface area contributed by atoms with Gasteiger partial charge in [0.15, 0.2) is 12.1 Å². The number of Topliss-reactive ketones (excluding diaryl/α,β-unsaturated/α-hetero) is 1. The number of phenolic OH excluding ortho intramolecular Hbond substituents is 4. The molecule has 2 bridgehead atoms. The molecule has 2 aromatic rings. The first-order chi connectivity index (χ1) is 15.3. The Morgan fingerprint density at radius 1 is 0.844 bits per heavy atom. The van der Waals surface area contributed by atoms with E-state index in [2.05, 4.69) is 0 Å². The van der Waals surface area contributed by atoms with E-state index < -0.39 is 0 Å². The lowest BCUT2D eigenvalue weighted by Gasteiger charge is -2.41. The molecule has 3 fully saturated rings. The first kappa shape index (κ1) is 22.8. The van der Waals surface area contributed by atoms with Gasteiger partial charge in [0.25, 0.3) is 0 Å². The quantitative estimate of drug-likeness (QED) is 0.415. The van der Waals surface area contributed by atoms with Gasteiger partial charge in [-0.2, -0.15) is 0 Å². The van der Waals surface area contributed by atoms with Crippen LogP contribution in [0.4, 0.5) is 0 Å². The summed E-state index contributed by atoms with van der Waals surface area (Å²) >= 11 is 0. The average Bonchev–Trinajstić information content (AvgIpc) is 2.78. The van der Waals surface area contributed by atoms with Crippen LogP contribution in [-0.4, -0.2) is 64.7 Å². The highest BCUT2D eigenvalue weighted by Crippen LogP contribution is 2.38. The Hall–Kier alpha value is -3.88. The van der Waals surface area contributed by atoms with Gasteiger partial charge in [0.1, 0.15) is 34.5 Å². The topological polar surface area (TPSA) is 137 Å². The highest BCUT2D eigenvalue weighted by atomic mass is 16.5. The van der Waals surface area contributed by atoms with Gasteiger partial charge in [-0.05, 0) is 18.9 Å². The van der Waals surface area contributed by atoms with Gasteiger partial charge < -0.3 is 34.8 Å². The fourth-order valence-electron chi connectivity index (χ4n) is 3.75. The number of nitrogens with zero attached hydrogens (tertiary/aromatic N) is 1. The van der Waals surface area contributed by atoms with Crippen LogP contribution < -0.4 is 9.47 Å². The van der Waals surface area contributed by atoms with Gasteiger partial charge in [0.05, 0.1) is 31.0 Å². The SMILES string of the molecule is COc1cc(O)c(C=C2C(=O)C3CCN2CC3)c(O)c1.COc1cc(O)c(C=O)c(O)c1. The molecule has 3 aliphatic rings. The number of ketones is 1. The molecule has 0 atom stereocenters. The van der Waals surface area contributed by atoms with Crippen LogP contribution in [0.25, 0.3) is 6.08 Å². The van der Waals surface area contributed by atoms with Gasteiger partial charge in [-0.1, -0.05) is 0 Å². The monoisotopic (exact) mass is 443 g/mol. The van der Waals surface area contributed by atoms with Gasteiger partial charge in [0, 0.05) is 43.3 Å². The van der Waals surface area contributed by atoms with E-state index in [1.807, 2.05) is 4.90 Å². The van der Waals surface area contributed by atoms with Crippen LogP contribution >= 0.6 is 0 Å². The lowest BCUT2D eigenvalue weighted by atomic mass is 9.84. The van der Waals surface area contributed by atoms with Gasteiger partial charge in [-0.3, -0.25) is 9.59 Å². The lowest BCUT2D eigenvalue weighted by molar-refractivity contribution is -0.125. The van der Waals surface area contributed by atoms with Crippen molar-refractivity contribution in [3.8, 4) is 34.5 Å². The highest BCUT2D eigenvalue weighted by Gasteiger charge is 2.36. The van der Waals surface area contributed by atoms with Crippen molar-refractivity contribution in [2.24, 2.45) is 5.92 Å². The molecular formula is C23H25NO8. The molecule has 4 N–H and O–H groups in total. The van der Waals surface area contributed by atoms with Crippen molar-refractivity contribution in [1.29, 1.82) is 0 Å². The number of aldehydes is 1. The largest absolute Gasteiger partial charge is 0.507 e. The number of carbonyl (C=O) groups is 2. The molecule has 0 unspecified atom stereocenters. The van der Waals surface area contributed by atoms with Gasteiger partial charge in [-0.15, -0.1) is 0 Å². The smallest absolute Gasteiger partial charge is 0.182 e. The summed E-state index contributed by atoms with van der Waals surface area (Å²) in [5, 5.41) is 38.2. The van der Waals surface area contributed by atoms with Crippen molar-refractivity contribution < 1.29 is 39.5 Å². The number of methoxy groups -OCH3 is 2. The minimum Gasteiger partial charge on any atom is -0.507 e. The van der Waals surface area contributed by atoms with Crippen molar-refractivity contribution in [2.45, 2.75) is 12.8 Å². The summed E-state index contributed by atoms with van der Waals surface area (Å²) in [5.74, 6) is 0.110. The Labute approximate surface area is 184 Å². The maximum atomic E-state index is 12.2. The molecule has 3 saturated heterocycles. The summed E-state index contributed by atoms with van der Waals surface area (Å²) in [4.78, 5) is 24.5. The molecule has 0 spiro atoms. The zero-order valence-corrected chi connectivity index (χ0v) is 17.7. The number of ether oxygens (including phenoxy) is 2. The summed E-state index contributed by atoms with van der Waals surface area (Å²) in [6.45, 7) is 1.72. The molecule has 3 aliphatic heterocycles. The molecule has 2 aromatic carbocycles. The van der Waals surface area contributed by atoms with E-state index in [4.69, 9.17) is 19.7 Å². The van der Waals surface area contributed by atoms with E-state index in [-0.39, 0.29) is 45.8 Å². The molecule has 170 valence electrons. The molecule has 0 aromatic heterocycles. The van der Waals surface area contributed by atoms with Crippen LogP contribution in [0.2, 0.25) is 0 Å². The zero-order valence-electron chi connectivity index (χ0n) is 17.7. The summed E-state index contributed by atoms with van der Waals surface area (Å²) < 4.78 is 9.71. The van der Waals surface area contributed by atoms with Crippen LogP contribution in [0.3, 0.4) is 0 Å². The van der Waals surface area contributed by atoms with Crippen LogP contribution in [0.1, 0.15) is 28.8 Å². The highest BCUT2D eigenvalue weighted by molar-refractivity contribution is 6.02. The lowest BCUT2D eigenvalue weighted by Crippen LogP contribution is -2.45. The Bertz CT molecular complexity index is 1010. The molecule has 3 heterocycles. The molecule has 5 rings (SSSR count). The fourth-order valence-corrected chi connectivity index (χ4v) is 3.75. The predicted molar refractivity (Wildman–Crippen MR) is 115 cm³/mol. The molecule has 0 amide bonds. The average molecular weight is 443 g/mol. The van der Waals surface area contributed by atoms with Crippen molar-refractivity contribution in [3.63, 3.8) is 0 Å². The van der Waals surface area contributed by atoms with Crippen molar-refractivity contribution in [2.75, 3.05) is 27.3 Å². The second-order valence-corrected chi connectivity index (χ2v) is 7.43. The maximum Gasteiger partial charge on any atom is 0.182 e. The molecule has 0 aliphatic carbocycles. The summed E-state index contributed by atoms with van der Waals surface area (Å²) in [5.41, 5.74) is 0.723. The number of carbonyl (C=O) groups excluding carboxylic acids is 2. The van der Waals surface area contributed by atoms with E-state index in [1.54, 1.807) is 6.08 Å². The first-order valence-corrected chi connectivity index (χ1v) is 9.95. The van der Waals surface area contributed by atoms with E-state index in [0.29, 0.717) is 23.5 Å². The van der Waals surface area contributed by atoms with E-state index in [0.717, 1.165) is 25.9 Å². The number of hydrogen-bond acceptors (Lipinski definition) is 9. The van der Waals surface area contributed by atoms with Gasteiger partial charge >= 0.3 is 0 Å². The van der Waals surface area contributed by atoms with Crippen molar-refractivity contribution in [3.05, 3.63) is 41.1 Å². The molecular weight excluding hydrogens is 418 g/mol. The molecule has 32 heavy (non-hydrogen) atoms. The number of piperidine rings is 3. The Morgan fingerprint density at radius 3 is 1.66 bits per heavy atom. The van der Waals surface area contributed by atoms with Crippen LogP contribution in [-0.2, 0) is 4.79 Å². The minimum absolute atomic E-state index is 0.0915. The summed E-state index contributed by atoms with van der Waals surface area (Å²) in [7, 11) is 2.86. The van der Waals surface area contributed by atoms with Crippen LogP contribution in [0.15, 0.2) is 30.0 Å². The van der Waals surface area contributed by atoms with Crippen LogP contribution in [0.5, 0.6) is 34.5 Å². The van der Waals surface area contributed by atoms with Crippen LogP contribution in [0, 0.1) is 5.92 Å². The number of aromatic hydroxyl groups is 4. The Balaban J connectivity index is 0.000000207. The van der Waals surface area contributed by atoms with Crippen molar-refractivity contribution in [1.82, 2.24) is 4.90 Å². The number of allylic oxidation sites excluding steroid dienone is 1. The van der Waals surface area contributed by atoms with Gasteiger partial charge in [0.2, 0.25) is 0 Å². The third kappa shape index (κ3) is 4.56. The van der Waals surface area contributed by atoms with E-state index >= 15 is 0 Å². The number of rotatable bonds is 4. The third-order valence-corrected chi connectivity index (χ3v) is 5.55. The predicted octanol–water partition coefficient (Wildman–Crippen LogP) is 2.66. The van der Waals surface area contributed by atoms with Crippen molar-refractivity contribution >= 4 is 18.1 Å². The second-order valence-electron chi connectivity index (χ2n) is 7.43. The number of phenols is 4. The number of fused-ring (bicyclic) bond motifs is 3. The normalized spacial score (nSPS) is 16.5. The third-order valence-electron chi connectivity index (χ3n) is 5.55. The first-order valence-electron chi connectivity index (χ1n) is 9.95. The summed E-state index contributed by atoms with van der Waals surface area (Å²) in [6, 6.07) is 5.35. The fraction of sp³-hybridized carbons (Fsp3) is 0.304. The zero-order chi connectivity index (χ0) is 23.4. The Morgan fingerprint density at radius 2 is 1.28 bits per heavy atom. The van der Waals surface area contributed by atoms with E-state index in [9.17, 15) is 19.8 Å². The second kappa shape index (κ2) is 9.51. The minimum atomic E-state index is -0.290. The molecule has 9 nitrogen and oxygen atoms in total. The molecule has 0 saturated carbocycles. The summed E-state index contributed by atoms with van der Waals surface area (Å²) in [6.07, 6.45) is 3.76. The maximum absolute atomic E-state index is 12.2. The van der Waals surface area contributed by atoms with E-state index in [1.165, 1.54) is 38.5 Å². The Kier molecular flexibility index (Phi) is 6.77. The molecule has 0 radical (unpaired) electrons.